The molecule has 0 aliphatic carbocycles. The van der Waals surface area contributed by atoms with Gasteiger partial charge in [-0.15, -0.1) is 0 Å². The molecule has 0 saturated heterocycles. The molecule has 15 heavy (non-hydrogen) atoms. The lowest BCUT2D eigenvalue weighted by molar-refractivity contribution is -0.386. The zero-order valence-corrected chi connectivity index (χ0v) is 7.88. The highest BCUT2D eigenvalue weighted by molar-refractivity contribution is 5.70. The minimum absolute atomic E-state index is 0.0841. The van der Waals surface area contributed by atoms with Gasteiger partial charge in [-0.05, 0) is 13.0 Å². The zero-order valence-electron chi connectivity index (χ0n) is 7.88. The molecule has 6 nitrogen and oxygen atoms in total. The Labute approximate surface area is 85.2 Å². The molecule has 0 aromatic heterocycles. The summed E-state index contributed by atoms with van der Waals surface area (Å²) in [5.74, 6) is -1.51. The van der Waals surface area contributed by atoms with Crippen molar-refractivity contribution < 1.29 is 19.6 Å². The first-order valence-corrected chi connectivity index (χ1v) is 4.13. The van der Waals surface area contributed by atoms with Crippen LogP contribution in [0.3, 0.4) is 0 Å². The van der Waals surface area contributed by atoms with E-state index in [1.165, 1.54) is 31.2 Å². The molecule has 0 heterocycles. The Bertz CT molecular complexity index is 390. The molecule has 0 spiro atoms. The molecule has 0 saturated carbocycles. The van der Waals surface area contributed by atoms with E-state index in [1.54, 1.807) is 0 Å². The maximum atomic E-state index is 10.5. The fourth-order valence-electron chi connectivity index (χ4n) is 0.946. The van der Waals surface area contributed by atoms with Crippen LogP contribution in [0.2, 0.25) is 0 Å². The van der Waals surface area contributed by atoms with Crippen LogP contribution in [-0.4, -0.2) is 17.0 Å². The number of para-hydroxylation sites is 2. The average molecular weight is 210 g/mol. The number of hydrogen-bond donors (Lipinski definition) is 0. The van der Waals surface area contributed by atoms with Crippen molar-refractivity contribution in [2.24, 2.45) is 0 Å². The second-order valence-corrected chi connectivity index (χ2v) is 2.80. The molecular formula is C9H8NO5-. The monoisotopic (exact) mass is 210 g/mol. The smallest absolute Gasteiger partial charge is 0.310 e. The molecule has 6 heteroatoms. The van der Waals surface area contributed by atoms with Crippen LogP contribution in [0.15, 0.2) is 24.3 Å². The maximum absolute atomic E-state index is 10.5. The molecule has 0 amide bonds. The Balaban J connectivity index is 2.94. The average Bonchev–Trinajstić information content (AvgIpc) is 2.18. The summed E-state index contributed by atoms with van der Waals surface area (Å²) in [7, 11) is 0. The number of ether oxygens (including phenoxy) is 1. The first kappa shape index (κ1) is 11.0. The van der Waals surface area contributed by atoms with Crippen molar-refractivity contribution in [2.45, 2.75) is 13.0 Å². The number of benzene rings is 1. The van der Waals surface area contributed by atoms with Crippen molar-refractivity contribution in [3.8, 4) is 5.75 Å². The van der Waals surface area contributed by atoms with Gasteiger partial charge in [0.2, 0.25) is 0 Å². The van der Waals surface area contributed by atoms with Gasteiger partial charge in [-0.3, -0.25) is 10.1 Å². The van der Waals surface area contributed by atoms with E-state index in [9.17, 15) is 20.0 Å². The van der Waals surface area contributed by atoms with Crippen LogP contribution in [0.25, 0.3) is 0 Å². The van der Waals surface area contributed by atoms with Crippen molar-refractivity contribution in [3.63, 3.8) is 0 Å². The van der Waals surface area contributed by atoms with Gasteiger partial charge in [0.15, 0.2) is 5.75 Å². The lowest BCUT2D eigenvalue weighted by Gasteiger charge is -2.14. The van der Waals surface area contributed by atoms with Crippen LogP contribution in [0, 0.1) is 10.1 Å². The van der Waals surface area contributed by atoms with Crippen molar-refractivity contribution in [3.05, 3.63) is 34.4 Å². The molecule has 1 rings (SSSR count). The Hall–Kier alpha value is -2.11. The van der Waals surface area contributed by atoms with Crippen LogP contribution < -0.4 is 9.84 Å². The number of nitro benzene ring substituents is 1. The van der Waals surface area contributed by atoms with E-state index in [0.717, 1.165) is 0 Å². The van der Waals surface area contributed by atoms with Crippen LogP contribution in [0.4, 0.5) is 5.69 Å². The predicted octanol–water partition coefficient (Wildman–Crippen LogP) is 0.112. The molecule has 0 fully saturated rings. The van der Waals surface area contributed by atoms with Crippen molar-refractivity contribution >= 4 is 11.7 Å². The number of aliphatic carboxylic acids is 1. The number of carbonyl (C=O) groups excluding carboxylic acids is 1. The van der Waals surface area contributed by atoms with Crippen LogP contribution in [0.1, 0.15) is 6.92 Å². The van der Waals surface area contributed by atoms with E-state index in [4.69, 9.17) is 4.74 Å². The summed E-state index contributed by atoms with van der Waals surface area (Å²) in [4.78, 5) is 20.3. The number of carboxylic acids is 1. The van der Waals surface area contributed by atoms with E-state index in [1.807, 2.05) is 0 Å². The first-order chi connectivity index (χ1) is 7.02. The zero-order chi connectivity index (χ0) is 11.4. The molecular weight excluding hydrogens is 202 g/mol. The van der Waals surface area contributed by atoms with Gasteiger partial charge in [-0.25, -0.2) is 0 Å². The Morgan fingerprint density at radius 3 is 2.60 bits per heavy atom. The normalized spacial score (nSPS) is 11.8. The molecule has 0 N–H and O–H groups in total. The number of carbonyl (C=O) groups is 1. The maximum Gasteiger partial charge on any atom is 0.310 e. The number of nitro groups is 1. The standard InChI is InChI=1S/C9H9NO5/c1-6(9(11)12)15-8-5-3-2-4-7(8)10(13)14/h2-6H,1H3,(H,11,12)/p-1. The van der Waals surface area contributed by atoms with E-state index in [2.05, 4.69) is 0 Å². The van der Waals surface area contributed by atoms with Gasteiger partial charge in [0.1, 0.15) is 6.10 Å². The van der Waals surface area contributed by atoms with Gasteiger partial charge >= 0.3 is 5.69 Å². The third-order valence-electron chi connectivity index (χ3n) is 1.70. The highest BCUT2D eigenvalue weighted by Crippen LogP contribution is 2.26. The second-order valence-electron chi connectivity index (χ2n) is 2.80. The third-order valence-corrected chi connectivity index (χ3v) is 1.70. The summed E-state index contributed by atoms with van der Waals surface area (Å²) in [6, 6.07) is 5.55. The highest BCUT2D eigenvalue weighted by Gasteiger charge is 2.16. The fraction of sp³-hybridized carbons (Fsp3) is 0.222. The Morgan fingerprint density at radius 1 is 1.47 bits per heavy atom. The molecule has 1 aromatic rings. The number of carboxylic acid groups (broad SMARTS) is 1. The van der Waals surface area contributed by atoms with Crippen LogP contribution >= 0.6 is 0 Å². The fourth-order valence-corrected chi connectivity index (χ4v) is 0.946. The second kappa shape index (κ2) is 4.41. The van der Waals surface area contributed by atoms with Gasteiger partial charge < -0.3 is 14.6 Å². The van der Waals surface area contributed by atoms with Crippen molar-refractivity contribution in [1.82, 2.24) is 0 Å². The molecule has 0 aliphatic heterocycles. The van der Waals surface area contributed by atoms with Gasteiger partial charge in [0, 0.05) is 6.07 Å². The highest BCUT2D eigenvalue weighted by atomic mass is 16.6. The number of nitrogens with zero attached hydrogens (tertiary/aromatic N) is 1. The lowest BCUT2D eigenvalue weighted by atomic mass is 10.3. The van der Waals surface area contributed by atoms with Crippen molar-refractivity contribution in [2.75, 3.05) is 0 Å². The van der Waals surface area contributed by atoms with E-state index in [-0.39, 0.29) is 11.4 Å². The summed E-state index contributed by atoms with van der Waals surface area (Å²) in [6.45, 7) is 1.24. The third kappa shape index (κ3) is 2.67. The number of rotatable bonds is 4. The summed E-state index contributed by atoms with van der Waals surface area (Å²) in [5, 5.41) is 20.9. The largest absolute Gasteiger partial charge is 0.546 e. The summed E-state index contributed by atoms with van der Waals surface area (Å²) < 4.78 is 4.86. The van der Waals surface area contributed by atoms with Gasteiger partial charge in [-0.1, -0.05) is 12.1 Å². The molecule has 0 aliphatic rings. The van der Waals surface area contributed by atoms with Crippen molar-refractivity contribution in [1.29, 1.82) is 0 Å². The summed E-state index contributed by atoms with van der Waals surface area (Å²) >= 11 is 0. The Morgan fingerprint density at radius 2 is 2.07 bits per heavy atom. The quantitative estimate of drug-likeness (QED) is 0.519. The summed E-state index contributed by atoms with van der Waals surface area (Å²) in [6.07, 6.45) is -1.23. The molecule has 1 atom stereocenters. The van der Waals surface area contributed by atoms with Crippen LogP contribution in [0.5, 0.6) is 5.75 Å². The Kier molecular flexibility index (Phi) is 3.22. The molecule has 0 radical (unpaired) electrons. The number of hydrogen-bond acceptors (Lipinski definition) is 5. The topological polar surface area (TPSA) is 92.5 Å². The van der Waals surface area contributed by atoms with E-state index < -0.39 is 17.0 Å². The van der Waals surface area contributed by atoms with E-state index in [0.29, 0.717) is 0 Å². The molecule has 80 valence electrons. The van der Waals surface area contributed by atoms with Gasteiger partial charge in [0.25, 0.3) is 0 Å². The van der Waals surface area contributed by atoms with Crippen LogP contribution in [-0.2, 0) is 4.79 Å². The molecule has 0 bridgehead atoms. The first-order valence-electron chi connectivity index (χ1n) is 4.13. The SMILES string of the molecule is CC(Oc1ccccc1[N+](=O)[O-])C(=O)[O-]. The lowest BCUT2D eigenvalue weighted by Crippen LogP contribution is -2.37. The molecule has 1 aromatic carbocycles. The molecule has 1 unspecified atom stereocenters. The van der Waals surface area contributed by atoms with E-state index >= 15 is 0 Å². The minimum atomic E-state index is -1.42. The van der Waals surface area contributed by atoms with Gasteiger partial charge in [0.05, 0.1) is 10.9 Å². The minimum Gasteiger partial charge on any atom is -0.546 e. The van der Waals surface area contributed by atoms with Gasteiger partial charge in [-0.2, -0.15) is 0 Å². The summed E-state index contributed by atoms with van der Waals surface area (Å²) in [5.41, 5.74) is -0.273. The predicted molar refractivity (Wildman–Crippen MR) is 48.2 cm³/mol.